The van der Waals surface area contributed by atoms with Crippen LogP contribution in [0, 0.1) is 5.92 Å². The van der Waals surface area contributed by atoms with Crippen molar-refractivity contribution in [2.75, 3.05) is 0 Å². The monoisotopic (exact) mass is 214 g/mol. The van der Waals surface area contributed by atoms with Gasteiger partial charge in [0.15, 0.2) is 0 Å². The molecule has 0 radical (unpaired) electrons. The molecule has 0 aromatic rings. The van der Waals surface area contributed by atoms with Crippen LogP contribution in [-0.4, -0.2) is 22.1 Å². The molecule has 1 fully saturated rings. The molecule has 0 N–H and O–H groups in total. The molecule has 0 heterocycles. The van der Waals surface area contributed by atoms with Crippen molar-refractivity contribution in [2.45, 2.75) is 50.5 Å². The Morgan fingerprint density at radius 1 is 1.36 bits per heavy atom. The van der Waals surface area contributed by atoms with Crippen LogP contribution in [0.3, 0.4) is 0 Å². The summed E-state index contributed by atoms with van der Waals surface area (Å²) in [6.07, 6.45) is 1.74. The third-order valence-electron chi connectivity index (χ3n) is 2.54. The van der Waals surface area contributed by atoms with E-state index in [1.165, 1.54) is 0 Å². The molecule has 2 unspecified atom stereocenters. The third-order valence-corrected chi connectivity index (χ3v) is 3.81. The van der Waals surface area contributed by atoms with Gasteiger partial charge in [-0.25, -0.2) is 0 Å². The Labute approximate surface area is 89.8 Å². The lowest BCUT2D eigenvalue weighted by Crippen LogP contribution is -2.35. The van der Waals surface area contributed by atoms with Crippen LogP contribution >= 0.6 is 11.8 Å². The minimum atomic E-state index is -0.0683. The highest BCUT2D eigenvalue weighted by molar-refractivity contribution is 8.01. The summed E-state index contributed by atoms with van der Waals surface area (Å²) in [6, 6.07) is 0. The van der Waals surface area contributed by atoms with Crippen molar-refractivity contribution in [2.24, 2.45) is 5.92 Å². The quantitative estimate of drug-likeness (QED) is 0.723. The van der Waals surface area contributed by atoms with E-state index in [0.717, 1.165) is 6.42 Å². The summed E-state index contributed by atoms with van der Waals surface area (Å²) < 4.78 is 0. The van der Waals surface area contributed by atoms with E-state index in [0.29, 0.717) is 23.9 Å². The first-order valence-electron chi connectivity index (χ1n) is 5.25. The fourth-order valence-corrected chi connectivity index (χ4v) is 3.08. The Morgan fingerprint density at radius 3 is 2.50 bits per heavy atom. The van der Waals surface area contributed by atoms with Gasteiger partial charge in [0.05, 0.1) is 5.25 Å². The van der Waals surface area contributed by atoms with E-state index in [1.54, 1.807) is 11.8 Å². The van der Waals surface area contributed by atoms with E-state index in [4.69, 9.17) is 0 Å². The third kappa shape index (κ3) is 2.84. The second kappa shape index (κ2) is 4.96. The largest absolute Gasteiger partial charge is 0.300 e. The number of Topliss-reactive ketones (excluding diaryl/α,β-unsaturated/α-hetero) is 2. The van der Waals surface area contributed by atoms with Gasteiger partial charge < -0.3 is 0 Å². The zero-order valence-corrected chi connectivity index (χ0v) is 9.89. The van der Waals surface area contributed by atoms with Gasteiger partial charge in [-0.15, -0.1) is 11.8 Å². The topological polar surface area (TPSA) is 34.1 Å². The molecular formula is C11H18O2S. The van der Waals surface area contributed by atoms with E-state index < -0.39 is 0 Å². The molecular weight excluding hydrogens is 196 g/mol. The van der Waals surface area contributed by atoms with Crippen LogP contribution in [0.5, 0.6) is 0 Å². The molecule has 0 amide bonds. The minimum absolute atomic E-state index is 0.00694. The van der Waals surface area contributed by atoms with Gasteiger partial charge in [-0.1, -0.05) is 20.8 Å². The number of carbonyl (C=O) groups is 2. The molecule has 1 aliphatic rings. The van der Waals surface area contributed by atoms with Crippen LogP contribution < -0.4 is 0 Å². The van der Waals surface area contributed by atoms with Gasteiger partial charge in [0.1, 0.15) is 11.6 Å². The maximum Gasteiger partial charge on any atom is 0.149 e. The van der Waals surface area contributed by atoms with E-state index in [-0.39, 0.29) is 17.0 Å². The number of ketones is 2. The highest BCUT2D eigenvalue weighted by Gasteiger charge is 2.34. The second-order valence-electron chi connectivity index (χ2n) is 4.13. The predicted octanol–water partition coefficient (Wildman–Crippen LogP) is 2.45. The molecule has 0 spiro atoms. The average Bonchev–Trinajstić information content (AvgIpc) is 2.09. The van der Waals surface area contributed by atoms with Crippen molar-refractivity contribution in [1.82, 2.24) is 0 Å². The van der Waals surface area contributed by atoms with Crippen molar-refractivity contribution >= 4 is 23.3 Å². The standard InChI is InChI=1S/C11H18O2S/c1-4-8-5-9(12)6-10(11(8)13)14-7(2)3/h7-8,10H,4-6H2,1-3H3. The van der Waals surface area contributed by atoms with Crippen LogP contribution in [-0.2, 0) is 9.59 Å². The Bertz CT molecular complexity index is 235. The van der Waals surface area contributed by atoms with Crippen molar-refractivity contribution < 1.29 is 9.59 Å². The molecule has 14 heavy (non-hydrogen) atoms. The fourth-order valence-electron chi connectivity index (χ4n) is 1.82. The van der Waals surface area contributed by atoms with Gasteiger partial charge in [-0.05, 0) is 11.7 Å². The predicted molar refractivity (Wildman–Crippen MR) is 59.5 cm³/mol. The molecule has 0 aliphatic heterocycles. The van der Waals surface area contributed by atoms with Crippen molar-refractivity contribution in [3.63, 3.8) is 0 Å². The summed E-state index contributed by atoms with van der Waals surface area (Å²) in [5.74, 6) is 0.549. The Hall–Kier alpha value is -0.310. The molecule has 0 aromatic carbocycles. The number of carbonyl (C=O) groups excluding carboxylic acids is 2. The Kier molecular flexibility index (Phi) is 4.17. The molecule has 0 saturated heterocycles. The van der Waals surface area contributed by atoms with Crippen LogP contribution in [0.2, 0.25) is 0 Å². The second-order valence-corrected chi connectivity index (χ2v) is 5.91. The summed E-state index contributed by atoms with van der Waals surface area (Å²) in [7, 11) is 0. The molecule has 2 atom stereocenters. The summed E-state index contributed by atoms with van der Waals surface area (Å²) in [5.41, 5.74) is 0. The molecule has 0 bridgehead atoms. The average molecular weight is 214 g/mol. The lowest BCUT2D eigenvalue weighted by atomic mass is 9.85. The molecule has 1 saturated carbocycles. The first-order chi connectivity index (χ1) is 6.54. The van der Waals surface area contributed by atoms with Gasteiger partial charge in [-0.3, -0.25) is 9.59 Å². The molecule has 2 nitrogen and oxygen atoms in total. The lowest BCUT2D eigenvalue weighted by molar-refractivity contribution is -0.132. The Balaban J connectivity index is 2.65. The van der Waals surface area contributed by atoms with Crippen molar-refractivity contribution in [3.05, 3.63) is 0 Å². The Morgan fingerprint density at radius 2 is 2.00 bits per heavy atom. The van der Waals surface area contributed by atoms with Gasteiger partial charge in [0.2, 0.25) is 0 Å². The summed E-state index contributed by atoms with van der Waals surface area (Å²) in [5, 5.41) is 0.355. The van der Waals surface area contributed by atoms with Crippen LogP contribution in [0.15, 0.2) is 0 Å². The number of hydrogen-bond acceptors (Lipinski definition) is 3. The van der Waals surface area contributed by atoms with E-state index in [9.17, 15) is 9.59 Å². The van der Waals surface area contributed by atoms with Crippen molar-refractivity contribution in [1.29, 1.82) is 0 Å². The maximum atomic E-state index is 11.9. The van der Waals surface area contributed by atoms with Crippen molar-refractivity contribution in [3.8, 4) is 0 Å². The van der Waals surface area contributed by atoms with Gasteiger partial charge in [0.25, 0.3) is 0 Å². The molecule has 1 aliphatic carbocycles. The van der Waals surface area contributed by atoms with E-state index in [1.807, 2.05) is 6.92 Å². The molecule has 80 valence electrons. The highest BCUT2D eigenvalue weighted by atomic mass is 32.2. The first kappa shape index (κ1) is 11.8. The molecule has 1 rings (SSSR count). The smallest absolute Gasteiger partial charge is 0.149 e. The fraction of sp³-hybridized carbons (Fsp3) is 0.818. The molecule has 3 heteroatoms. The normalized spacial score (nSPS) is 28.6. The number of hydrogen-bond donors (Lipinski definition) is 0. The first-order valence-corrected chi connectivity index (χ1v) is 6.19. The summed E-state index contributed by atoms with van der Waals surface area (Å²) in [6.45, 7) is 6.12. The maximum absolute atomic E-state index is 11.9. The number of rotatable bonds is 3. The molecule has 0 aromatic heterocycles. The van der Waals surface area contributed by atoms with Gasteiger partial charge >= 0.3 is 0 Å². The minimum Gasteiger partial charge on any atom is -0.300 e. The van der Waals surface area contributed by atoms with E-state index >= 15 is 0 Å². The van der Waals surface area contributed by atoms with Crippen LogP contribution in [0.4, 0.5) is 0 Å². The summed E-state index contributed by atoms with van der Waals surface area (Å²) in [4.78, 5) is 23.3. The van der Waals surface area contributed by atoms with E-state index in [2.05, 4.69) is 13.8 Å². The number of thioether (sulfide) groups is 1. The SMILES string of the molecule is CCC1CC(=O)CC(SC(C)C)C1=O. The zero-order valence-electron chi connectivity index (χ0n) is 9.08. The highest BCUT2D eigenvalue weighted by Crippen LogP contribution is 2.31. The van der Waals surface area contributed by atoms with Crippen LogP contribution in [0.1, 0.15) is 40.0 Å². The van der Waals surface area contributed by atoms with Crippen LogP contribution in [0.25, 0.3) is 0 Å². The lowest BCUT2D eigenvalue weighted by Gasteiger charge is -2.26. The summed E-state index contributed by atoms with van der Waals surface area (Å²) >= 11 is 1.64. The zero-order chi connectivity index (χ0) is 10.7. The van der Waals surface area contributed by atoms with Gasteiger partial charge in [-0.2, -0.15) is 0 Å². The van der Waals surface area contributed by atoms with Gasteiger partial charge in [0, 0.05) is 18.8 Å².